The Morgan fingerprint density at radius 3 is 2.41 bits per heavy atom. The highest BCUT2D eigenvalue weighted by atomic mass is 16.4. The van der Waals surface area contributed by atoms with Crippen molar-refractivity contribution in [3.8, 4) is 11.4 Å². The van der Waals surface area contributed by atoms with Crippen LogP contribution in [0, 0.1) is 0 Å². The zero-order valence-electron chi connectivity index (χ0n) is 12.3. The van der Waals surface area contributed by atoms with Crippen LogP contribution in [0.1, 0.15) is 36.0 Å². The van der Waals surface area contributed by atoms with E-state index in [0.29, 0.717) is 11.6 Å². The van der Waals surface area contributed by atoms with Crippen LogP contribution in [-0.2, 0) is 0 Å². The number of carboxylic acid groups (broad SMARTS) is 1. The molecule has 0 spiro atoms. The standard InChI is InChI=1S/C16H18N4O2/c21-16(22)13-11-18-14(12-5-7-17-8-6-12)19-15(13)20-9-3-1-2-4-10-20/h5-8,11H,1-4,9-10H2,(H,21,22). The zero-order chi connectivity index (χ0) is 15.4. The first-order valence-electron chi connectivity index (χ1n) is 7.51. The highest BCUT2D eigenvalue weighted by Gasteiger charge is 2.20. The van der Waals surface area contributed by atoms with E-state index in [1.807, 2.05) is 12.1 Å². The molecule has 1 aliphatic heterocycles. The minimum absolute atomic E-state index is 0.166. The summed E-state index contributed by atoms with van der Waals surface area (Å²) >= 11 is 0. The van der Waals surface area contributed by atoms with Gasteiger partial charge in [-0.25, -0.2) is 14.8 Å². The van der Waals surface area contributed by atoms with Gasteiger partial charge in [-0.3, -0.25) is 4.98 Å². The molecule has 0 aromatic carbocycles. The third kappa shape index (κ3) is 3.05. The molecule has 1 saturated heterocycles. The lowest BCUT2D eigenvalue weighted by atomic mass is 10.2. The predicted octanol–water partition coefficient (Wildman–Crippen LogP) is 2.62. The van der Waals surface area contributed by atoms with Gasteiger partial charge in [0.1, 0.15) is 11.4 Å². The number of rotatable bonds is 3. The zero-order valence-corrected chi connectivity index (χ0v) is 12.3. The first-order valence-corrected chi connectivity index (χ1v) is 7.51. The molecule has 3 rings (SSSR count). The fraction of sp³-hybridized carbons (Fsp3) is 0.375. The van der Waals surface area contributed by atoms with Crippen molar-refractivity contribution in [2.45, 2.75) is 25.7 Å². The molecule has 0 unspecified atom stereocenters. The van der Waals surface area contributed by atoms with Crippen LogP contribution in [0.3, 0.4) is 0 Å². The van der Waals surface area contributed by atoms with E-state index in [9.17, 15) is 9.90 Å². The Morgan fingerprint density at radius 2 is 1.77 bits per heavy atom. The molecule has 2 aromatic heterocycles. The molecule has 1 fully saturated rings. The molecule has 0 radical (unpaired) electrons. The summed E-state index contributed by atoms with van der Waals surface area (Å²) in [6.07, 6.45) is 9.25. The van der Waals surface area contributed by atoms with Crippen LogP contribution < -0.4 is 4.90 Å². The minimum atomic E-state index is -0.986. The molecule has 0 atom stereocenters. The van der Waals surface area contributed by atoms with Gasteiger partial charge in [-0.05, 0) is 25.0 Å². The van der Waals surface area contributed by atoms with E-state index in [-0.39, 0.29) is 5.56 Å². The minimum Gasteiger partial charge on any atom is -0.477 e. The molecule has 1 N–H and O–H groups in total. The lowest BCUT2D eigenvalue weighted by molar-refractivity contribution is 0.0696. The van der Waals surface area contributed by atoms with Crippen molar-refractivity contribution in [1.29, 1.82) is 0 Å². The van der Waals surface area contributed by atoms with Crippen LogP contribution in [0.2, 0.25) is 0 Å². The van der Waals surface area contributed by atoms with Crippen molar-refractivity contribution in [1.82, 2.24) is 15.0 Å². The second kappa shape index (κ2) is 6.51. The van der Waals surface area contributed by atoms with Gasteiger partial charge in [-0.15, -0.1) is 0 Å². The van der Waals surface area contributed by atoms with Gasteiger partial charge in [0.15, 0.2) is 5.82 Å². The SMILES string of the molecule is O=C(O)c1cnc(-c2ccncc2)nc1N1CCCCCC1. The lowest BCUT2D eigenvalue weighted by Crippen LogP contribution is -2.27. The van der Waals surface area contributed by atoms with Gasteiger partial charge in [0, 0.05) is 37.2 Å². The first-order chi connectivity index (χ1) is 10.8. The topological polar surface area (TPSA) is 79.2 Å². The van der Waals surface area contributed by atoms with Crippen molar-refractivity contribution in [2.75, 3.05) is 18.0 Å². The first kappa shape index (κ1) is 14.4. The highest BCUT2D eigenvalue weighted by Crippen LogP contribution is 2.24. The number of carbonyl (C=O) groups is 1. The third-order valence-electron chi connectivity index (χ3n) is 3.84. The molecule has 0 amide bonds. The summed E-state index contributed by atoms with van der Waals surface area (Å²) in [5.74, 6) is 0.0726. The molecular formula is C16H18N4O2. The van der Waals surface area contributed by atoms with Crippen molar-refractivity contribution >= 4 is 11.8 Å². The Hall–Kier alpha value is -2.50. The van der Waals surface area contributed by atoms with Crippen LogP contribution in [0.25, 0.3) is 11.4 Å². The van der Waals surface area contributed by atoms with Gasteiger partial charge in [-0.2, -0.15) is 0 Å². The van der Waals surface area contributed by atoms with E-state index in [4.69, 9.17) is 0 Å². The van der Waals surface area contributed by atoms with E-state index in [2.05, 4.69) is 19.9 Å². The molecule has 6 heteroatoms. The smallest absolute Gasteiger partial charge is 0.341 e. The van der Waals surface area contributed by atoms with Gasteiger partial charge in [0.2, 0.25) is 0 Å². The molecule has 6 nitrogen and oxygen atoms in total. The Labute approximate surface area is 128 Å². The maximum absolute atomic E-state index is 11.5. The Balaban J connectivity index is 2.02. The van der Waals surface area contributed by atoms with Crippen LogP contribution in [0.4, 0.5) is 5.82 Å². The fourth-order valence-electron chi connectivity index (χ4n) is 2.69. The summed E-state index contributed by atoms with van der Waals surface area (Å²) in [6, 6.07) is 3.64. The van der Waals surface area contributed by atoms with E-state index >= 15 is 0 Å². The fourth-order valence-corrected chi connectivity index (χ4v) is 2.69. The van der Waals surface area contributed by atoms with Crippen LogP contribution in [0.15, 0.2) is 30.7 Å². The van der Waals surface area contributed by atoms with E-state index in [0.717, 1.165) is 31.5 Å². The van der Waals surface area contributed by atoms with Crippen molar-refractivity contribution in [3.05, 3.63) is 36.3 Å². The maximum Gasteiger partial charge on any atom is 0.341 e. The van der Waals surface area contributed by atoms with Gasteiger partial charge in [0.25, 0.3) is 0 Å². The second-order valence-corrected chi connectivity index (χ2v) is 5.37. The predicted molar refractivity (Wildman–Crippen MR) is 82.9 cm³/mol. The van der Waals surface area contributed by atoms with E-state index < -0.39 is 5.97 Å². The van der Waals surface area contributed by atoms with Crippen LogP contribution in [0.5, 0.6) is 0 Å². The summed E-state index contributed by atoms with van der Waals surface area (Å²) in [5, 5.41) is 9.41. The molecule has 0 saturated carbocycles. The summed E-state index contributed by atoms with van der Waals surface area (Å²) in [5.41, 5.74) is 1.00. The normalized spacial score (nSPS) is 15.4. The Kier molecular flexibility index (Phi) is 4.27. The largest absolute Gasteiger partial charge is 0.477 e. The number of anilines is 1. The maximum atomic E-state index is 11.5. The third-order valence-corrected chi connectivity index (χ3v) is 3.84. The van der Waals surface area contributed by atoms with E-state index in [1.54, 1.807) is 12.4 Å². The van der Waals surface area contributed by atoms with Gasteiger partial charge in [-0.1, -0.05) is 12.8 Å². The number of pyridine rings is 1. The number of aromatic nitrogens is 3. The van der Waals surface area contributed by atoms with Crippen molar-refractivity contribution < 1.29 is 9.90 Å². The van der Waals surface area contributed by atoms with Crippen molar-refractivity contribution in [3.63, 3.8) is 0 Å². The number of carboxylic acids is 1. The number of aromatic carboxylic acids is 1. The molecule has 0 aliphatic carbocycles. The molecule has 1 aliphatic rings. The van der Waals surface area contributed by atoms with Gasteiger partial charge in [0.05, 0.1) is 0 Å². The van der Waals surface area contributed by atoms with Crippen LogP contribution in [-0.4, -0.2) is 39.1 Å². The van der Waals surface area contributed by atoms with E-state index in [1.165, 1.54) is 19.0 Å². The summed E-state index contributed by atoms with van der Waals surface area (Å²) < 4.78 is 0. The number of hydrogen-bond acceptors (Lipinski definition) is 5. The monoisotopic (exact) mass is 298 g/mol. The summed E-state index contributed by atoms with van der Waals surface area (Å²) in [4.78, 5) is 26.3. The quantitative estimate of drug-likeness (QED) is 0.938. The lowest BCUT2D eigenvalue weighted by Gasteiger charge is -2.23. The molecule has 22 heavy (non-hydrogen) atoms. The molecule has 0 bridgehead atoms. The van der Waals surface area contributed by atoms with Gasteiger partial charge < -0.3 is 10.0 Å². The summed E-state index contributed by atoms with van der Waals surface area (Å²) in [6.45, 7) is 1.68. The summed E-state index contributed by atoms with van der Waals surface area (Å²) in [7, 11) is 0. The molecule has 114 valence electrons. The number of hydrogen-bond donors (Lipinski definition) is 1. The Bertz CT molecular complexity index is 652. The van der Waals surface area contributed by atoms with Crippen molar-refractivity contribution in [2.24, 2.45) is 0 Å². The van der Waals surface area contributed by atoms with Crippen LogP contribution >= 0.6 is 0 Å². The average molecular weight is 298 g/mol. The molecule has 3 heterocycles. The molecular weight excluding hydrogens is 280 g/mol. The number of nitrogens with zero attached hydrogens (tertiary/aromatic N) is 4. The van der Waals surface area contributed by atoms with Gasteiger partial charge >= 0.3 is 5.97 Å². The average Bonchev–Trinajstić information content (AvgIpc) is 2.84. The Morgan fingerprint density at radius 1 is 1.09 bits per heavy atom. The highest BCUT2D eigenvalue weighted by molar-refractivity contribution is 5.93. The molecule has 2 aromatic rings. The second-order valence-electron chi connectivity index (χ2n) is 5.37.